The number of anilines is 1. The van der Waals surface area contributed by atoms with E-state index in [1.165, 1.54) is 5.56 Å². The van der Waals surface area contributed by atoms with Crippen LogP contribution in [0.25, 0.3) is 0 Å². The first kappa shape index (κ1) is 16.1. The molecule has 0 amide bonds. The van der Waals surface area contributed by atoms with E-state index in [-0.39, 0.29) is 5.60 Å². The van der Waals surface area contributed by atoms with Crippen LogP contribution in [0.3, 0.4) is 0 Å². The molecule has 130 valence electrons. The summed E-state index contributed by atoms with van der Waals surface area (Å²) in [6, 6.07) is 10.1. The van der Waals surface area contributed by atoms with Crippen LogP contribution in [0.4, 0.5) is 5.69 Å². The summed E-state index contributed by atoms with van der Waals surface area (Å²) in [6.07, 6.45) is 6.09. The summed E-state index contributed by atoms with van der Waals surface area (Å²) in [6.45, 7) is 3.68. The standard InChI is InChI=1S/C19H23N5O/c1-23-11-16(10-21-23)12-24-6-5-19(14-24)8-18(13-25-19)22-17-4-2-3-15(7-17)9-20/h2-4,7,10-11,18,22H,5-6,8,12-14H2,1H3/t18-,19-/m1/s1. The van der Waals surface area contributed by atoms with Crippen LogP contribution in [0.5, 0.6) is 0 Å². The summed E-state index contributed by atoms with van der Waals surface area (Å²) >= 11 is 0. The highest BCUT2D eigenvalue weighted by Gasteiger charge is 2.45. The van der Waals surface area contributed by atoms with Gasteiger partial charge in [-0.05, 0) is 24.6 Å². The summed E-state index contributed by atoms with van der Waals surface area (Å²) in [4.78, 5) is 2.45. The quantitative estimate of drug-likeness (QED) is 0.926. The van der Waals surface area contributed by atoms with E-state index in [0.29, 0.717) is 11.6 Å². The highest BCUT2D eigenvalue weighted by molar-refractivity contribution is 5.50. The number of hydrogen-bond donors (Lipinski definition) is 1. The fraction of sp³-hybridized carbons (Fsp3) is 0.474. The lowest BCUT2D eigenvalue weighted by atomic mass is 9.97. The Morgan fingerprint density at radius 2 is 2.40 bits per heavy atom. The average Bonchev–Trinajstić information content (AvgIpc) is 3.31. The second-order valence-corrected chi connectivity index (χ2v) is 7.21. The minimum atomic E-state index is -0.0350. The predicted molar refractivity (Wildman–Crippen MR) is 95.0 cm³/mol. The van der Waals surface area contributed by atoms with Crippen molar-refractivity contribution in [1.82, 2.24) is 14.7 Å². The molecular weight excluding hydrogens is 314 g/mol. The number of hydrogen-bond acceptors (Lipinski definition) is 5. The second-order valence-electron chi connectivity index (χ2n) is 7.21. The molecule has 0 radical (unpaired) electrons. The third-order valence-electron chi connectivity index (χ3n) is 5.13. The van der Waals surface area contributed by atoms with Gasteiger partial charge in [0.1, 0.15) is 0 Å². The zero-order valence-electron chi connectivity index (χ0n) is 14.5. The summed E-state index contributed by atoms with van der Waals surface area (Å²) in [7, 11) is 1.95. The fourth-order valence-electron chi connectivity index (χ4n) is 4.01. The van der Waals surface area contributed by atoms with Crippen molar-refractivity contribution < 1.29 is 4.74 Å². The Morgan fingerprint density at radius 1 is 1.48 bits per heavy atom. The van der Waals surface area contributed by atoms with E-state index in [2.05, 4.69) is 27.6 Å². The van der Waals surface area contributed by atoms with Gasteiger partial charge in [0.2, 0.25) is 0 Å². The number of nitrogens with zero attached hydrogens (tertiary/aromatic N) is 4. The summed E-state index contributed by atoms with van der Waals surface area (Å²) in [5.74, 6) is 0. The van der Waals surface area contributed by atoms with E-state index in [1.807, 2.05) is 42.2 Å². The molecule has 0 saturated carbocycles. The smallest absolute Gasteiger partial charge is 0.0992 e. The van der Waals surface area contributed by atoms with E-state index >= 15 is 0 Å². The van der Waals surface area contributed by atoms with Crippen LogP contribution >= 0.6 is 0 Å². The second kappa shape index (κ2) is 6.51. The molecule has 0 bridgehead atoms. The average molecular weight is 337 g/mol. The van der Waals surface area contributed by atoms with Crippen molar-refractivity contribution in [3.63, 3.8) is 0 Å². The third-order valence-corrected chi connectivity index (χ3v) is 5.13. The first-order valence-electron chi connectivity index (χ1n) is 8.75. The fourth-order valence-corrected chi connectivity index (χ4v) is 4.01. The van der Waals surface area contributed by atoms with E-state index in [0.717, 1.165) is 44.8 Å². The molecule has 2 aromatic rings. The van der Waals surface area contributed by atoms with Gasteiger partial charge >= 0.3 is 0 Å². The lowest BCUT2D eigenvalue weighted by molar-refractivity contribution is 0.0120. The van der Waals surface area contributed by atoms with Gasteiger partial charge in [-0.15, -0.1) is 0 Å². The zero-order valence-corrected chi connectivity index (χ0v) is 14.5. The third kappa shape index (κ3) is 3.53. The molecule has 0 unspecified atom stereocenters. The molecule has 2 atom stereocenters. The maximum Gasteiger partial charge on any atom is 0.0992 e. The van der Waals surface area contributed by atoms with Gasteiger partial charge in [0, 0.05) is 50.6 Å². The van der Waals surface area contributed by atoms with Gasteiger partial charge in [0.25, 0.3) is 0 Å². The maximum absolute atomic E-state index is 9.03. The molecule has 2 saturated heterocycles. The Hall–Kier alpha value is -2.36. The van der Waals surface area contributed by atoms with Crippen molar-refractivity contribution in [3.8, 4) is 6.07 Å². The van der Waals surface area contributed by atoms with E-state index < -0.39 is 0 Å². The van der Waals surface area contributed by atoms with Crippen LogP contribution in [0.2, 0.25) is 0 Å². The first-order chi connectivity index (χ1) is 12.1. The SMILES string of the molecule is Cn1cc(CN2CC[C@@]3(C[C@@H](Nc4cccc(C#N)c4)CO3)C2)cn1. The number of rotatable bonds is 4. The van der Waals surface area contributed by atoms with Crippen LogP contribution in [0, 0.1) is 11.3 Å². The van der Waals surface area contributed by atoms with E-state index in [4.69, 9.17) is 10.00 Å². The molecule has 1 aromatic carbocycles. The van der Waals surface area contributed by atoms with Crippen molar-refractivity contribution in [3.05, 3.63) is 47.8 Å². The van der Waals surface area contributed by atoms with Crippen LogP contribution in [-0.2, 0) is 18.3 Å². The molecule has 1 N–H and O–H groups in total. The largest absolute Gasteiger partial charge is 0.380 e. The highest BCUT2D eigenvalue weighted by Crippen LogP contribution is 2.36. The molecule has 0 aliphatic carbocycles. The van der Waals surface area contributed by atoms with Crippen LogP contribution < -0.4 is 5.32 Å². The number of aryl methyl sites for hydroxylation is 1. The van der Waals surface area contributed by atoms with E-state index in [1.54, 1.807) is 0 Å². The Morgan fingerprint density at radius 3 is 3.20 bits per heavy atom. The van der Waals surface area contributed by atoms with Gasteiger partial charge in [-0.25, -0.2) is 0 Å². The lowest BCUT2D eigenvalue weighted by Crippen LogP contribution is -2.33. The van der Waals surface area contributed by atoms with Crippen LogP contribution in [-0.4, -0.2) is 46.0 Å². The molecule has 1 aromatic heterocycles. The topological polar surface area (TPSA) is 66.1 Å². The van der Waals surface area contributed by atoms with Crippen molar-refractivity contribution in [2.24, 2.45) is 7.05 Å². The van der Waals surface area contributed by atoms with Crippen molar-refractivity contribution in [2.45, 2.75) is 31.0 Å². The number of aromatic nitrogens is 2. The maximum atomic E-state index is 9.03. The highest BCUT2D eigenvalue weighted by atomic mass is 16.5. The molecule has 2 aliphatic heterocycles. The predicted octanol–water partition coefficient (Wildman–Crippen LogP) is 2.14. The molecule has 6 nitrogen and oxygen atoms in total. The van der Waals surface area contributed by atoms with E-state index in [9.17, 15) is 0 Å². The van der Waals surface area contributed by atoms with Gasteiger partial charge in [-0.3, -0.25) is 9.58 Å². The van der Waals surface area contributed by atoms with Crippen LogP contribution in [0.1, 0.15) is 24.0 Å². The Bertz CT molecular complexity index is 795. The molecular formula is C19H23N5O. The minimum Gasteiger partial charge on any atom is -0.380 e. The lowest BCUT2D eigenvalue weighted by Gasteiger charge is -2.23. The Kier molecular flexibility index (Phi) is 4.20. The summed E-state index contributed by atoms with van der Waals surface area (Å²) in [5.41, 5.74) is 2.89. The zero-order chi connectivity index (χ0) is 17.3. The van der Waals surface area contributed by atoms with Gasteiger partial charge < -0.3 is 10.1 Å². The van der Waals surface area contributed by atoms with Crippen molar-refractivity contribution >= 4 is 5.69 Å². The van der Waals surface area contributed by atoms with Gasteiger partial charge in [0.15, 0.2) is 0 Å². The monoisotopic (exact) mass is 337 g/mol. The number of nitriles is 1. The molecule has 2 fully saturated rings. The summed E-state index contributed by atoms with van der Waals surface area (Å²) < 4.78 is 8.08. The molecule has 2 aliphatic rings. The van der Waals surface area contributed by atoms with Crippen molar-refractivity contribution in [2.75, 3.05) is 25.0 Å². The number of ether oxygens (including phenoxy) is 1. The Labute approximate surface area is 148 Å². The van der Waals surface area contributed by atoms with Gasteiger partial charge in [-0.2, -0.15) is 10.4 Å². The van der Waals surface area contributed by atoms with Gasteiger partial charge in [-0.1, -0.05) is 6.07 Å². The molecule has 3 heterocycles. The normalized spacial score (nSPS) is 26.2. The molecule has 4 rings (SSSR count). The van der Waals surface area contributed by atoms with Crippen LogP contribution in [0.15, 0.2) is 36.7 Å². The molecule has 6 heteroatoms. The first-order valence-corrected chi connectivity index (χ1v) is 8.75. The van der Waals surface area contributed by atoms with Crippen molar-refractivity contribution in [1.29, 1.82) is 5.26 Å². The van der Waals surface area contributed by atoms with Gasteiger partial charge in [0.05, 0.1) is 36.1 Å². The number of likely N-dealkylation sites (tertiary alicyclic amines) is 1. The Balaban J connectivity index is 1.35. The minimum absolute atomic E-state index is 0.0350. The summed E-state index contributed by atoms with van der Waals surface area (Å²) in [5, 5.41) is 16.8. The number of benzene rings is 1. The number of nitrogens with one attached hydrogen (secondary N) is 1. The molecule has 25 heavy (non-hydrogen) atoms. The molecule has 1 spiro atoms.